The number of aromatic nitrogens is 1. The molecule has 0 unspecified atom stereocenters. The fraction of sp³-hybridized carbons (Fsp3) is 0.250. The first-order valence-electron chi connectivity index (χ1n) is 6.57. The molecule has 4 heteroatoms. The van der Waals surface area contributed by atoms with E-state index in [2.05, 4.69) is 28.3 Å². The smallest absolute Gasteiger partial charge is 0.251 e. The van der Waals surface area contributed by atoms with E-state index >= 15 is 0 Å². The van der Waals surface area contributed by atoms with Gasteiger partial charge >= 0.3 is 0 Å². The van der Waals surface area contributed by atoms with E-state index in [1.54, 1.807) is 13.2 Å². The summed E-state index contributed by atoms with van der Waals surface area (Å²) >= 11 is 0. The highest BCUT2D eigenvalue weighted by molar-refractivity contribution is 5.93. The fourth-order valence-electron chi connectivity index (χ4n) is 2.08. The van der Waals surface area contributed by atoms with Crippen LogP contribution in [0.25, 0.3) is 0 Å². The second-order valence-electron chi connectivity index (χ2n) is 4.81. The SMILES string of the molecule is CNC(=O)c1ccc(CN(C)Cc2cccnc2)cc1. The number of hydrogen-bond acceptors (Lipinski definition) is 3. The number of hydrogen-bond donors (Lipinski definition) is 1. The highest BCUT2D eigenvalue weighted by Crippen LogP contribution is 2.09. The van der Waals surface area contributed by atoms with E-state index in [4.69, 9.17) is 0 Å². The van der Waals surface area contributed by atoms with Crippen molar-refractivity contribution in [1.29, 1.82) is 0 Å². The maximum absolute atomic E-state index is 11.5. The summed E-state index contributed by atoms with van der Waals surface area (Å²) in [6.07, 6.45) is 3.66. The van der Waals surface area contributed by atoms with Gasteiger partial charge in [0, 0.05) is 38.1 Å². The number of carbonyl (C=O) groups is 1. The van der Waals surface area contributed by atoms with Crippen LogP contribution in [0.1, 0.15) is 21.5 Å². The first-order valence-corrected chi connectivity index (χ1v) is 6.57. The summed E-state index contributed by atoms with van der Waals surface area (Å²) in [5.41, 5.74) is 3.06. The first-order chi connectivity index (χ1) is 9.69. The average molecular weight is 269 g/mol. The van der Waals surface area contributed by atoms with Crippen LogP contribution in [0.4, 0.5) is 0 Å². The van der Waals surface area contributed by atoms with Crippen molar-refractivity contribution in [2.45, 2.75) is 13.1 Å². The van der Waals surface area contributed by atoms with Gasteiger partial charge in [0.15, 0.2) is 0 Å². The van der Waals surface area contributed by atoms with Crippen LogP contribution in [0.5, 0.6) is 0 Å². The van der Waals surface area contributed by atoms with Crippen LogP contribution in [0, 0.1) is 0 Å². The average Bonchev–Trinajstić information content (AvgIpc) is 2.48. The van der Waals surface area contributed by atoms with E-state index < -0.39 is 0 Å². The summed E-state index contributed by atoms with van der Waals surface area (Å²) in [5.74, 6) is -0.0553. The molecule has 2 aromatic rings. The molecule has 0 atom stereocenters. The highest BCUT2D eigenvalue weighted by atomic mass is 16.1. The Bertz CT molecular complexity index is 552. The van der Waals surface area contributed by atoms with Gasteiger partial charge in [-0.25, -0.2) is 0 Å². The van der Waals surface area contributed by atoms with Gasteiger partial charge < -0.3 is 5.32 Å². The van der Waals surface area contributed by atoms with E-state index in [9.17, 15) is 4.79 Å². The molecule has 1 amide bonds. The van der Waals surface area contributed by atoms with Crippen LogP contribution in [-0.2, 0) is 13.1 Å². The number of amides is 1. The van der Waals surface area contributed by atoms with Gasteiger partial charge in [-0.2, -0.15) is 0 Å². The van der Waals surface area contributed by atoms with Crippen molar-refractivity contribution in [2.75, 3.05) is 14.1 Å². The lowest BCUT2D eigenvalue weighted by atomic mass is 10.1. The molecule has 0 aliphatic heterocycles. The topological polar surface area (TPSA) is 45.2 Å². The molecular formula is C16H19N3O. The summed E-state index contributed by atoms with van der Waals surface area (Å²) in [5, 5.41) is 2.62. The Labute approximate surface area is 119 Å². The van der Waals surface area contributed by atoms with Crippen molar-refractivity contribution in [1.82, 2.24) is 15.2 Å². The molecule has 20 heavy (non-hydrogen) atoms. The Hall–Kier alpha value is -2.20. The minimum atomic E-state index is -0.0553. The minimum Gasteiger partial charge on any atom is -0.355 e. The van der Waals surface area contributed by atoms with E-state index in [0.717, 1.165) is 13.1 Å². The van der Waals surface area contributed by atoms with Crippen LogP contribution < -0.4 is 5.32 Å². The second-order valence-corrected chi connectivity index (χ2v) is 4.81. The first kappa shape index (κ1) is 14.2. The van der Waals surface area contributed by atoms with Gasteiger partial charge in [0.1, 0.15) is 0 Å². The minimum absolute atomic E-state index is 0.0553. The summed E-state index contributed by atoms with van der Waals surface area (Å²) in [6, 6.07) is 11.7. The number of nitrogens with zero attached hydrogens (tertiary/aromatic N) is 2. The zero-order chi connectivity index (χ0) is 14.4. The monoisotopic (exact) mass is 269 g/mol. The van der Waals surface area contributed by atoms with Gasteiger partial charge in [0.2, 0.25) is 0 Å². The largest absolute Gasteiger partial charge is 0.355 e. The van der Waals surface area contributed by atoms with Crippen LogP contribution in [-0.4, -0.2) is 29.9 Å². The third-order valence-electron chi connectivity index (χ3n) is 3.07. The number of carbonyl (C=O) groups excluding carboxylic acids is 1. The molecule has 1 heterocycles. The maximum Gasteiger partial charge on any atom is 0.251 e. The van der Waals surface area contributed by atoms with Gasteiger partial charge in [-0.15, -0.1) is 0 Å². The van der Waals surface area contributed by atoms with Crippen LogP contribution in [0.15, 0.2) is 48.8 Å². The van der Waals surface area contributed by atoms with Crippen LogP contribution in [0.3, 0.4) is 0 Å². The summed E-state index contributed by atoms with van der Waals surface area (Å²) in [6.45, 7) is 1.69. The van der Waals surface area contributed by atoms with Crippen molar-refractivity contribution in [3.63, 3.8) is 0 Å². The van der Waals surface area contributed by atoms with Crippen molar-refractivity contribution >= 4 is 5.91 Å². The van der Waals surface area contributed by atoms with Gasteiger partial charge in [-0.1, -0.05) is 18.2 Å². The quantitative estimate of drug-likeness (QED) is 0.904. The Morgan fingerprint density at radius 1 is 1.15 bits per heavy atom. The standard InChI is InChI=1S/C16H19N3O/c1-17-16(20)15-7-5-13(6-8-15)11-19(2)12-14-4-3-9-18-10-14/h3-10H,11-12H2,1-2H3,(H,17,20). The van der Waals surface area contributed by atoms with E-state index in [-0.39, 0.29) is 5.91 Å². The highest BCUT2D eigenvalue weighted by Gasteiger charge is 2.05. The molecule has 0 aliphatic carbocycles. The zero-order valence-electron chi connectivity index (χ0n) is 11.8. The fourth-order valence-corrected chi connectivity index (χ4v) is 2.08. The molecule has 0 radical (unpaired) electrons. The molecule has 104 valence electrons. The third kappa shape index (κ3) is 3.90. The summed E-state index contributed by atoms with van der Waals surface area (Å²) in [7, 11) is 3.71. The number of nitrogens with one attached hydrogen (secondary N) is 1. The molecule has 1 N–H and O–H groups in total. The Morgan fingerprint density at radius 2 is 1.85 bits per heavy atom. The van der Waals surface area contributed by atoms with Gasteiger partial charge in [0.05, 0.1) is 0 Å². The van der Waals surface area contributed by atoms with Gasteiger partial charge in [-0.3, -0.25) is 14.7 Å². The second kappa shape index (κ2) is 6.82. The molecule has 0 saturated carbocycles. The van der Waals surface area contributed by atoms with Gasteiger partial charge in [-0.05, 0) is 36.4 Å². The van der Waals surface area contributed by atoms with Gasteiger partial charge in [0.25, 0.3) is 5.91 Å². The molecule has 0 spiro atoms. The molecule has 1 aromatic carbocycles. The Morgan fingerprint density at radius 3 is 2.45 bits per heavy atom. The lowest BCUT2D eigenvalue weighted by Gasteiger charge is -2.16. The molecule has 4 nitrogen and oxygen atoms in total. The molecule has 0 saturated heterocycles. The van der Waals surface area contributed by atoms with Crippen molar-refractivity contribution in [3.05, 3.63) is 65.5 Å². The van der Waals surface area contributed by atoms with E-state index in [1.807, 2.05) is 36.5 Å². The van der Waals surface area contributed by atoms with Crippen LogP contribution >= 0.6 is 0 Å². The predicted molar refractivity (Wildman–Crippen MR) is 79.2 cm³/mol. The molecule has 0 bridgehead atoms. The van der Waals surface area contributed by atoms with E-state index in [1.165, 1.54) is 11.1 Å². The van der Waals surface area contributed by atoms with E-state index in [0.29, 0.717) is 5.56 Å². The third-order valence-corrected chi connectivity index (χ3v) is 3.07. The molecular weight excluding hydrogens is 250 g/mol. The van der Waals surface area contributed by atoms with Crippen molar-refractivity contribution in [2.24, 2.45) is 0 Å². The van der Waals surface area contributed by atoms with Crippen LogP contribution in [0.2, 0.25) is 0 Å². The zero-order valence-corrected chi connectivity index (χ0v) is 11.8. The Kier molecular flexibility index (Phi) is 4.85. The summed E-state index contributed by atoms with van der Waals surface area (Å²) < 4.78 is 0. The lowest BCUT2D eigenvalue weighted by molar-refractivity contribution is 0.0963. The van der Waals surface area contributed by atoms with Crippen molar-refractivity contribution in [3.8, 4) is 0 Å². The molecule has 1 aromatic heterocycles. The number of pyridine rings is 1. The molecule has 0 aliphatic rings. The number of rotatable bonds is 5. The lowest BCUT2D eigenvalue weighted by Crippen LogP contribution is -2.19. The molecule has 0 fully saturated rings. The molecule has 2 rings (SSSR count). The van der Waals surface area contributed by atoms with Crippen molar-refractivity contribution < 1.29 is 4.79 Å². The Balaban J connectivity index is 1.94. The summed E-state index contributed by atoms with van der Waals surface area (Å²) in [4.78, 5) is 17.8. The number of benzene rings is 1. The maximum atomic E-state index is 11.5. The predicted octanol–water partition coefficient (Wildman–Crippen LogP) is 2.07. The normalized spacial score (nSPS) is 10.6.